The van der Waals surface area contributed by atoms with E-state index < -0.39 is 0 Å². The van der Waals surface area contributed by atoms with Crippen LogP contribution in [0.3, 0.4) is 0 Å². The summed E-state index contributed by atoms with van der Waals surface area (Å²) in [6, 6.07) is 6.71. The van der Waals surface area contributed by atoms with Crippen molar-refractivity contribution in [2.45, 2.75) is 39.2 Å². The third-order valence-electron chi connectivity index (χ3n) is 4.39. The highest BCUT2D eigenvalue weighted by Gasteiger charge is 2.22. The summed E-state index contributed by atoms with van der Waals surface area (Å²) in [7, 11) is 0. The SMILES string of the molecule is CC(C)(C)c1nnc2ccc(NCCc3cc(F)cc4c3OCOC4)nn12. The molecule has 0 bridgehead atoms. The molecule has 3 aromatic rings. The number of nitrogens with one attached hydrogen (secondary N) is 1. The minimum atomic E-state index is -0.281. The van der Waals surface area contributed by atoms with Crippen LogP contribution in [0.15, 0.2) is 24.3 Å². The summed E-state index contributed by atoms with van der Waals surface area (Å²) in [6.07, 6.45) is 0.605. The molecule has 0 spiro atoms. The van der Waals surface area contributed by atoms with E-state index in [-0.39, 0.29) is 18.0 Å². The lowest BCUT2D eigenvalue weighted by Gasteiger charge is -2.21. The van der Waals surface area contributed by atoms with E-state index >= 15 is 0 Å². The van der Waals surface area contributed by atoms with Gasteiger partial charge in [0.05, 0.1) is 6.61 Å². The maximum Gasteiger partial charge on any atom is 0.189 e. The zero-order chi connectivity index (χ0) is 19.0. The molecule has 1 N–H and O–H groups in total. The maximum absolute atomic E-state index is 13.8. The van der Waals surface area contributed by atoms with Crippen LogP contribution in [0.4, 0.5) is 10.2 Å². The summed E-state index contributed by atoms with van der Waals surface area (Å²) in [4.78, 5) is 0. The van der Waals surface area contributed by atoms with Crippen LogP contribution in [-0.2, 0) is 23.2 Å². The van der Waals surface area contributed by atoms with E-state index in [4.69, 9.17) is 9.47 Å². The van der Waals surface area contributed by atoms with Crippen molar-refractivity contribution in [1.82, 2.24) is 19.8 Å². The van der Waals surface area contributed by atoms with E-state index in [0.29, 0.717) is 31.0 Å². The van der Waals surface area contributed by atoms with Gasteiger partial charge < -0.3 is 14.8 Å². The van der Waals surface area contributed by atoms with Gasteiger partial charge in [-0.1, -0.05) is 20.8 Å². The number of nitrogens with zero attached hydrogens (tertiary/aromatic N) is 4. The van der Waals surface area contributed by atoms with Crippen LogP contribution in [0.2, 0.25) is 0 Å². The van der Waals surface area contributed by atoms with Crippen molar-refractivity contribution in [3.05, 3.63) is 47.0 Å². The third-order valence-corrected chi connectivity index (χ3v) is 4.39. The summed E-state index contributed by atoms with van der Waals surface area (Å²) in [5, 5.41) is 16.3. The zero-order valence-corrected chi connectivity index (χ0v) is 15.6. The number of halogens is 1. The number of aromatic nitrogens is 4. The Morgan fingerprint density at radius 3 is 2.89 bits per heavy atom. The van der Waals surface area contributed by atoms with Gasteiger partial charge in [-0.2, -0.15) is 4.52 Å². The highest BCUT2D eigenvalue weighted by Crippen LogP contribution is 2.29. The predicted octanol–water partition coefficient (Wildman–Crippen LogP) is 3.08. The van der Waals surface area contributed by atoms with Crippen LogP contribution in [0.5, 0.6) is 5.75 Å². The van der Waals surface area contributed by atoms with E-state index in [1.54, 1.807) is 4.52 Å². The number of anilines is 1. The molecule has 3 heterocycles. The van der Waals surface area contributed by atoms with Crippen LogP contribution in [0.25, 0.3) is 5.65 Å². The largest absolute Gasteiger partial charge is 0.467 e. The van der Waals surface area contributed by atoms with Gasteiger partial charge in [0, 0.05) is 17.5 Å². The van der Waals surface area contributed by atoms with Crippen LogP contribution < -0.4 is 10.1 Å². The smallest absolute Gasteiger partial charge is 0.189 e. The quantitative estimate of drug-likeness (QED) is 0.760. The van der Waals surface area contributed by atoms with Gasteiger partial charge in [-0.3, -0.25) is 0 Å². The molecule has 0 aliphatic carbocycles. The second-order valence-corrected chi connectivity index (χ2v) is 7.60. The molecule has 1 aliphatic rings. The van der Waals surface area contributed by atoms with Gasteiger partial charge >= 0.3 is 0 Å². The summed E-state index contributed by atoms with van der Waals surface area (Å²) >= 11 is 0. The summed E-state index contributed by atoms with van der Waals surface area (Å²) in [6.45, 7) is 7.37. The molecule has 1 aliphatic heterocycles. The van der Waals surface area contributed by atoms with Gasteiger partial charge in [0.15, 0.2) is 18.3 Å². The van der Waals surface area contributed by atoms with Crippen molar-refractivity contribution in [2.75, 3.05) is 18.7 Å². The first kappa shape index (κ1) is 17.7. The molecule has 27 heavy (non-hydrogen) atoms. The molecule has 1 aromatic carbocycles. The van der Waals surface area contributed by atoms with E-state index in [1.807, 2.05) is 12.1 Å². The predicted molar refractivity (Wildman–Crippen MR) is 98.4 cm³/mol. The molecule has 2 aromatic heterocycles. The molecule has 4 rings (SSSR count). The maximum atomic E-state index is 13.8. The van der Waals surface area contributed by atoms with Crippen LogP contribution >= 0.6 is 0 Å². The van der Waals surface area contributed by atoms with Gasteiger partial charge in [0.25, 0.3) is 0 Å². The van der Waals surface area contributed by atoms with Gasteiger partial charge in [-0.05, 0) is 36.2 Å². The van der Waals surface area contributed by atoms with Gasteiger partial charge in [-0.15, -0.1) is 15.3 Å². The first-order valence-corrected chi connectivity index (χ1v) is 8.90. The normalized spacial score (nSPS) is 14.1. The van der Waals surface area contributed by atoms with E-state index in [2.05, 4.69) is 41.4 Å². The van der Waals surface area contributed by atoms with Crippen molar-refractivity contribution in [3.63, 3.8) is 0 Å². The van der Waals surface area contributed by atoms with E-state index in [1.165, 1.54) is 12.1 Å². The first-order chi connectivity index (χ1) is 12.9. The Kier molecular flexibility index (Phi) is 4.43. The summed E-state index contributed by atoms with van der Waals surface area (Å²) in [5.41, 5.74) is 2.11. The third kappa shape index (κ3) is 3.57. The number of hydrogen-bond acceptors (Lipinski definition) is 6. The fourth-order valence-corrected chi connectivity index (χ4v) is 3.12. The minimum Gasteiger partial charge on any atom is -0.467 e. The fourth-order valence-electron chi connectivity index (χ4n) is 3.12. The highest BCUT2D eigenvalue weighted by molar-refractivity contribution is 5.46. The van der Waals surface area contributed by atoms with Gasteiger partial charge in [0.1, 0.15) is 17.4 Å². The first-order valence-electron chi connectivity index (χ1n) is 8.90. The monoisotopic (exact) mass is 371 g/mol. The van der Waals surface area contributed by atoms with Gasteiger partial charge in [-0.25, -0.2) is 4.39 Å². The Morgan fingerprint density at radius 2 is 2.07 bits per heavy atom. The Hall–Kier alpha value is -2.74. The number of fused-ring (bicyclic) bond motifs is 2. The molecule has 0 atom stereocenters. The summed E-state index contributed by atoms with van der Waals surface area (Å²) < 4.78 is 26.4. The van der Waals surface area contributed by atoms with Crippen molar-refractivity contribution >= 4 is 11.5 Å². The molecule has 0 amide bonds. The number of rotatable bonds is 4. The Balaban J connectivity index is 1.51. The minimum absolute atomic E-state index is 0.162. The Bertz CT molecular complexity index is 980. The molecule has 0 fully saturated rings. The molecule has 8 heteroatoms. The van der Waals surface area contributed by atoms with Gasteiger partial charge in [0.2, 0.25) is 0 Å². The number of hydrogen-bond donors (Lipinski definition) is 1. The van der Waals surface area contributed by atoms with Crippen LogP contribution in [-0.4, -0.2) is 33.1 Å². The molecule has 142 valence electrons. The average molecular weight is 371 g/mol. The average Bonchev–Trinajstić information content (AvgIpc) is 3.05. The summed E-state index contributed by atoms with van der Waals surface area (Å²) in [5.74, 6) is 1.95. The molecule has 0 saturated heterocycles. The molecular formula is C19H22FN5O2. The molecular weight excluding hydrogens is 349 g/mol. The van der Waals surface area contributed by atoms with E-state index in [0.717, 1.165) is 22.7 Å². The second-order valence-electron chi connectivity index (χ2n) is 7.60. The lowest BCUT2D eigenvalue weighted by molar-refractivity contribution is -0.0172. The zero-order valence-electron chi connectivity index (χ0n) is 15.6. The van der Waals surface area contributed by atoms with Crippen molar-refractivity contribution in [1.29, 1.82) is 0 Å². The topological polar surface area (TPSA) is 73.6 Å². The number of benzene rings is 1. The van der Waals surface area contributed by atoms with Crippen LogP contribution in [0, 0.1) is 5.82 Å². The Labute approximate surface area is 156 Å². The van der Waals surface area contributed by atoms with Crippen LogP contribution in [0.1, 0.15) is 37.7 Å². The van der Waals surface area contributed by atoms with Crippen molar-refractivity contribution in [2.24, 2.45) is 0 Å². The number of ether oxygens (including phenoxy) is 2. The second kappa shape index (κ2) is 6.77. The Morgan fingerprint density at radius 1 is 1.22 bits per heavy atom. The molecule has 0 unspecified atom stereocenters. The highest BCUT2D eigenvalue weighted by atomic mass is 19.1. The molecule has 7 nitrogen and oxygen atoms in total. The lowest BCUT2D eigenvalue weighted by Crippen LogP contribution is -2.18. The standard InChI is InChI=1S/C19H22FN5O2/c1-19(2,3)18-23-22-16-5-4-15(24-25(16)18)21-7-6-12-8-14(20)9-13-10-26-11-27-17(12)13/h4-5,8-9H,6-7,10-11H2,1-3H3,(H,21,24). The molecule has 0 radical (unpaired) electrons. The van der Waals surface area contributed by atoms with Crippen molar-refractivity contribution in [3.8, 4) is 5.75 Å². The van der Waals surface area contributed by atoms with E-state index in [9.17, 15) is 4.39 Å². The molecule has 0 saturated carbocycles. The lowest BCUT2D eigenvalue weighted by atomic mass is 9.96. The fraction of sp³-hybridized carbons (Fsp3) is 0.421. The van der Waals surface area contributed by atoms with Crippen molar-refractivity contribution < 1.29 is 13.9 Å².